The van der Waals surface area contributed by atoms with Gasteiger partial charge in [0.1, 0.15) is 5.92 Å². The van der Waals surface area contributed by atoms with Crippen LogP contribution < -0.4 is 5.01 Å². The normalized spacial score (nSPS) is 18.0. The molecule has 0 spiro atoms. The lowest BCUT2D eigenvalue weighted by Gasteiger charge is -2.14. The molecule has 22 heavy (non-hydrogen) atoms. The summed E-state index contributed by atoms with van der Waals surface area (Å²) in [6, 6.07) is 9.69. The van der Waals surface area contributed by atoms with Gasteiger partial charge < -0.3 is 0 Å². The van der Waals surface area contributed by atoms with Crippen LogP contribution in [0.15, 0.2) is 53.8 Å². The third kappa shape index (κ3) is 2.57. The number of pyridine rings is 1. The van der Waals surface area contributed by atoms with Gasteiger partial charge in [0.05, 0.1) is 5.56 Å². The lowest BCUT2D eigenvalue weighted by molar-refractivity contribution is -0.137. The van der Waals surface area contributed by atoms with E-state index in [0.29, 0.717) is 5.82 Å². The molecular formula is C15H10F3N3O. The molecule has 0 saturated carbocycles. The van der Waals surface area contributed by atoms with Crippen molar-refractivity contribution < 1.29 is 18.0 Å². The minimum atomic E-state index is -4.45. The van der Waals surface area contributed by atoms with E-state index in [1.807, 2.05) is 0 Å². The molecule has 1 unspecified atom stereocenters. The van der Waals surface area contributed by atoms with E-state index in [1.54, 1.807) is 18.2 Å². The molecule has 0 radical (unpaired) electrons. The Morgan fingerprint density at radius 3 is 2.59 bits per heavy atom. The van der Waals surface area contributed by atoms with E-state index in [2.05, 4.69) is 10.1 Å². The molecule has 4 nitrogen and oxygen atoms in total. The van der Waals surface area contributed by atoms with Crippen LogP contribution in [0, 0.1) is 0 Å². The Bertz CT molecular complexity index is 728. The van der Waals surface area contributed by atoms with E-state index in [-0.39, 0.29) is 5.56 Å². The number of hydrogen-bond donors (Lipinski definition) is 0. The fourth-order valence-electron chi connectivity index (χ4n) is 2.17. The largest absolute Gasteiger partial charge is 0.416 e. The second-order valence-electron chi connectivity index (χ2n) is 4.70. The number of hydrazone groups is 1. The van der Waals surface area contributed by atoms with E-state index in [9.17, 15) is 18.0 Å². The predicted molar refractivity (Wildman–Crippen MR) is 74.4 cm³/mol. The molecule has 1 aliphatic heterocycles. The molecule has 1 amide bonds. The number of aromatic nitrogens is 1. The van der Waals surface area contributed by atoms with Crippen LogP contribution >= 0.6 is 0 Å². The van der Waals surface area contributed by atoms with E-state index in [4.69, 9.17) is 0 Å². The number of carbonyl (C=O) groups is 1. The van der Waals surface area contributed by atoms with Crippen LogP contribution in [0.25, 0.3) is 0 Å². The summed E-state index contributed by atoms with van der Waals surface area (Å²) in [7, 11) is 0. The zero-order valence-electron chi connectivity index (χ0n) is 11.2. The molecule has 7 heteroatoms. The van der Waals surface area contributed by atoms with Crippen LogP contribution in [0.3, 0.4) is 0 Å². The summed E-state index contributed by atoms with van der Waals surface area (Å²) in [4.78, 5) is 16.4. The van der Waals surface area contributed by atoms with E-state index in [0.717, 1.165) is 17.1 Å². The van der Waals surface area contributed by atoms with Gasteiger partial charge in [-0.3, -0.25) is 4.79 Å². The summed E-state index contributed by atoms with van der Waals surface area (Å²) in [5.74, 6) is -0.944. The summed E-state index contributed by atoms with van der Waals surface area (Å²) < 4.78 is 38.3. The summed E-state index contributed by atoms with van der Waals surface area (Å²) in [6.07, 6.45) is -1.61. The minimum absolute atomic E-state index is 0.252. The van der Waals surface area contributed by atoms with Crippen LogP contribution in [-0.2, 0) is 11.0 Å². The smallest absolute Gasteiger partial charge is 0.271 e. The molecular weight excluding hydrogens is 295 g/mol. The van der Waals surface area contributed by atoms with Crippen LogP contribution in [0.4, 0.5) is 19.0 Å². The van der Waals surface area contributed by atoms with E-state index >= 15 is 0 Å². The van der Waals surface area contributed by atoms with Gasteiger partial charge in [0.25, 0.3) is 5.91 Å². The van der Waals surface area contributed by atoms with Gasteiger partial charge in [-0.25, -0.2) is 4.98 Å². The highest BCUT2D eigenvalue weighted by atomic mass is 19.4. The van der Waals surface area contributed by atoms with Crippen LogP contribution in [0.1, 0.15) is 17.0 Å². The highest BCUT2D eigenvalue weighted by Crippen LogP contribution is 2.32. The topological polar surface area (TPSA) is 45.6 Å². The van der Waals surface area contributed by atoms with Gasteiger partial charge in [0, 0.05) is 12.4 Å². The molecule has 1 aromatic heterocycles. The van der Waals surface area contributed by atoms with Gasteiger partial charge in [0.15, 0.2) is 5.82 Å². The molecule has 2 aromatic rings. The molecule has 0 N–H and O–H groups in total. The van der Waals surface area contributed by atoms with Crippen molar-refractivity contribution in [2.45, 2.75) is 12.1 Å². The third-order valence-electron chi connectivity index (χ3n) is 3.25. The average Bonchev–Trinajstić information content (AvgIpc) is 2.89. The van der Waals surface area contributed by atoms with Gasteiger partial charge in [-0.1, -0.05) is 24.3 Å². The number of hydrogen-bond acceptors (Lipinski definition) is 3. The Balaban J connectivity index is 1.89. The summed E-state index contributed by atoms with van der Waals surface area (Å²) >= 11 is 0. The average molecular weight is 305 g/mol. The molecule has 1 aliphatic rings. The van der Waals surface area contributed by atoms with Crippen molar-refractivity contribution in [3.05, 3.63) is 59.8 Å². The summed E-state index contributed by atoms with van der Waals surface area (Å²) in [6.45, 7) is 0. The van der Waals surface area contributed by atoms with E-state index < -0.39 is 23.6 Å². The predicted octanol–water partition coefficient (Wildman–Crippen LogP) is 3.22. The van der Waals surface area contributed by atoms with Gasteiger partial charge in [-0.05, 0) is 23.8 Å². The molecule has 0 fully saturated rings. The lowest BCUT2D eigenvalue weighted by Crippen LogP contribution is -2.25. The number of amides is 1. The zero-order valence-corrected chi connectivity index (χ0v) is 11.2. The van der Waals surface area contributed by atoms with Crippen molar-refractivity contribution >= 4 is 17.9 Å². The second-order valence-corrected chi connectivity index (χ2v) is 4.70. The zero-order chi connectivity index (χ0) is 15.7. The fourth-order valence-corrected chi connectivity index (χ4v) is 2.17. The highest BCUT2D eigenvalue weighted by molar-refractivity contribution is 6.11. The second kappa shape index (κ2) is 5.25. The number of alkyl halides is 3. The van der Waals surface area contributed by atoms with Crippen molar-refractivity contribution in [3.63, 3.8) is 0 Å². The molecule has 1 aromatic carbocycles. The number of anilines is 1. The van der Waals surface area contributed by atoms with Gasteiger partial charge >= 0.3 is 6.18 Å². The summed E-state index contributed by atoms with van der Waals surface area (Å²) in [5, 5.41) is 5.04. The number of benzene rings is 1. The molecule has 2 heterocycles. The van der Waals surface area contributed by atoms with Gasteiger partial charge in [0.2, 0.25) is 0 Å². The Hall–Kier alpha value is -2.70. The molecule has 1 atom stereocenters. The Morgan fingerprint density at radius 1 is 1.09 bits per heavy atom. The van der Waals surface area contributed by atoms with Crippen LogP contribution in [0.2, 0.25) is 0 Å². The number of nitrogens with zero attached hydrogens (tertiary/aromatic N) is 3. The van der Waals surface area contributed by atoms with Crippen LogP contribution in [0.5, 0.6) is 0 Å². The number of halogens is 3. The van der Waals surface area contributed by atoms with Crippen molar-refractivity contribution in [1.82, 2.24) is 4.98 Å². The Kier molecular flexibility index (Phi) is 3.40. The monoisotopic (exact) mass is 305 g/mol. The first kappa shape index (κ1) is 14.2. The lowest BCUT2D eigenvalue weighted by atomic mass is 9.98. The third-order valence-corrected chi connectivity index (χ3v) is 3.25. The van der Waals surface area contributed by atoms with Gasteiger partial charge in [-0.2, -0.15) is 23.3 Å². The summed E-state index contributed by atoms with van der Waals surface area (Å²) in [5.41, 5.74) is -0.538. The van der Waals surface area contributed by atoms with Crippen molar-refractivity contribution in [1.29, 1.82) is 0 Å². The first-order valence-corrected chi connectivity index (χ1v) is 6.43. The molecule has 0 aliphatic carbocycles. The first-order valence-electron chi connectivity index (χ1n) is 6.43. The standard InChI is InChI=1S/C15H10F3N3O/c16-15(17,18)11-5-3-4-10(8-11)12-9-20-21(14(12)22)13-6-1-2-7-19-13/h1-9,12H. The highest BCUT2D eigenvalue weighted by Gasteiger charge is 2.35. The Morgan fingerprint density at radius 2 is 1.91 bits per heavy atom. The van der Waals surface area contributed by atoms with Crippen molar-refractivity contribution in [2.24, 2.45) is 5.10 Å². The Labute approximate surface area is 123 Å². The quantitative estimate of drug-likeness (QED) is 0.855. The first-order chi connectivity index (χ1) is 10.5. The maximum absolute atomic E-state index is 12.8. The van der Waals surface area contributed by atoms with E-state index in [1.165, 1.54) is 24.5 Å². The SMILES string of the molecule is O=C1C(c2cccc(C(F)(F)F)c2)C=NN1c1ccccn1. The molecule has 3 rings (SSSR count). The fraction of sp³-hybridized carbons (Fsp3) is 0.133. The van der Waals surface area contributed by atoms with Crippen LogP contribution in [-0.4, -0.2) is 17.1 Å². The molecule has 0 bridgehead atoms. The van der Waals surface area contributed by atoms with Crippen molar-refractivity contribution in [2.75, 3.05) is 5.01 Å². The van der Waals surface area contributed by atoms with Crippen molar-refractivity contribution in [3.8, 4) is 0 Å². The molecule has 0 saturated heterocycles. The van der Waals surface area contributed by atoms with Gasteiger partial charge in [-0.15, -0.1) is 0 Å². The maximum atomic E-state index is 12.8. The minimum Gasteiger partial charge on any atom is -0.271 e. The number of rotatable bonds is 2. The number of carbonyl (C=O) groups excluding carboxylic acids is 1. The molecule has 112 valence electrons. The maximum Gasteiger partial charge on any atom is 0.416 e.